The molecule has 3 N–H and O–H groups in total. The van der Waals surface area contributed by atoms with Crippen LogP contribution in [0.15, 0.2) is 16.6 Å². The van der Waals surface area contributed by atoms with Crippen LogP contribution in [0.4, 0.5) is 13.9 Å². The maximum atomic E-state index is 12.2. The molecule has 0 spiro atoms. The summed E-state index contributed by atoms with van der Waals surface area (Å²) in [5.41, 5.74) is 2.73. The summed E-state index contributed by atoms with van der Waals surface area (Å²) >= 11 is 4.46. The van der Waals surface area contributed by atoms with E-state index in [2.05, 4.69) is 31.1 Å². The molecule has 0 fully saturated rings. The molecule has 0 amide bonds. The Hall–Kier alpha value is -0.990. The van der Waals surface area contributed by atoms with Crippen molar-refractivity contribution in [3.05, 3.63) is 16.6 Å². The Labute approximate surface area is 102 Å². The maximum absolute atomic E-state index is 12.2. The number of nitrogens with two attached hydrogens (primary N) is 1. The van der Waals surface area contributed by atoms with Crippen LogP contribution in [0, 0.1) is 0 Å². The number of alkyl halides is 2. The molecule has 1 heterocycles. The second-order valence-corrected chi connectivity index (χ2v) is 4.74. The first kappa shape index (κ1) is 11.5. The highest BCUT2D eigenvalue weighted by Gasteiger charge is 2.13. The molecule has 1 aromatic carbocycles. The van der Waals surface area contributed by atoms with Gasteiger partial charge in [0.15, 0.2) is 10.9 Å². The number of anilines is 1. The average Bonchev–Trinajstić information content (AvgIpc) is 2.59. The summed E-state index contributed by atoms with van der Waals surface area (Å²) in [7, 11) is 0. The van der Waals surface area contributed by atoms with E-state index in [4.69, 9.17) is 5.84 Å². The van der Waals surface area contributed by atoms with Crippen LogP contribution >= 0.6 is 27.3 Å². The number of nitrogens with zero attached hydrogens (tertiary/aromatic N) is 1. The number of rotatable bonds is 3. The van der Waals surface area contributed by atoms with Gasteiger partial charge in [0, 0.05) is 4.47 Å². The number of halogens is 3. The zero-order valence-corrected chi connectivity index (χ0v) is 10.1. The van der Waals surface area contributed by atoms with E-state index in [1.54, 1.807) is 6.07 Å². The molecule has 2 aromatic rings. The quantitative estimate of drug-likeness (QED) is 0.676. The number of ether oxygens (including phenoxy) is 1. The third-order valence-corrected chi connectivity index (χ3v) is 3.16. The molecule has 0 saturated carbocycles. The second-order valence-electron chi connectivity index (χ2n) is 2.79. The van der Waals surface area contributed by atoms with Gasteiger partial charge >= 0.3 is 6.61 Å². The van der Waals surface area contributed by atoms with Gasteiger partial charge in [-0.05, 0) is 12.1 Å². The maximum Gasteiger partial charge on any atom is 0.387 e. The monoisotopic (exact) mass is 309 g/mol. The number of hydrogen-bond donors (Lipinski definition) is 2. The highest BCUT2D eigenvalue weighted by molar-refractivity contribution is 9.10. The molecule has 4 nitrogen and oxygen atoms in total. The SMILES string of the molecule is NNc1nc2c(OC(F)F)cc(Br)cc2s1. The summed E-state index contributed by atoms with van der Waals surface area (Å²) in [5, 5.41) is 0.437. The molecule has 0 bridgehead atoms. The molecular formula is C8H6BrF2N3OS. The van der Waals surface area contributed by atoms with Gasteiger partial charge < -0.3 is 4.74 Å². The van der Waals surface area contributed by atoms with E-state index < -0.39 is 6.61 Å². The largest absolute Gasteiger partial charge is 0.432 e. The van der Waals surface area contributed by atoms with Gasteiger partial charge in [0.1, 0.15) is 5.52 Å². The lowest BCUT2D eigenvalue weighted by Crippen LogP contribution is -2.06. The van der Waals surface area contributed by atoms with Crippen molar-refractivity contribution in [3.63, 3.8) is 0 Å². The minimum Gasteiger partial charge on any atom is -0.432 e. The van der Waals surface area contributed by atoms with E-state index in [1.165, 1.54) is 17.4 Å². The van der Waals surface area contributed by atoms with E-state index >= 15 is 0 Å². The van der Waals surface area contributed by atoms with Gasteiger partial charge in [0.25, 0.3) is 0 Å². The Kier molecular flexibility index (Phi) is 3.22. The molecular weight excluding hydrogens is 304 g/mol. The number of nitrogens with one attached hydrogen (secondary N) is 1. The van der Waals surface area contributed by atoms with Crippen LogP contribution in [0.5, 0.6) is 5.75 Å². The average molecular weight is 310 g/mol. The van der Waals surface area contributed by atoms with Crippen molar-refractivity contribution in [2.24, 2.45) is 5.84 Å². The number of hydrazine groups is 1. The Bertz CT molecular complexity index is 519. The molecule has 0 unspecified atom stereocenters. The fraction of sp³-hybridized carbons (Fsp3) is 0.125. The zero-order valence-electron chi connectivity index (χ0n) is 7.71. The number of nitrogen functional groups attached to an aromatic ring is 1. The molecule has 0 atom stereocenters. The van der Waals surface area contributed by atoms with Crippen molar-refractivity contribution >= 4 is 42.6 Å². The van der Waals surface area contributed by atoms with Gasteiger partial charge in [-0.3, -0.25) is 5.43 Å². The van der Waals surface area contributed by atoms with E-state index in [-0.39, 0.29) is 5.75 Å². The van der Waals surface area contributed by atoms with Crippen molar-refractivity contribution in [1.29, 1.82) is 0 Å². The van der Waals surface area contributed by atoms with E-state index in [9.17, 15) is 8.78 Å². The normalized spacial score (nSPS) is 11.1. The molecule has 0 aliphatic heterocycles. The summed E-state index contributed by atoms with van der Waals surface area (Å²) in [6, 6.07) is 3.20. The molecule has 2 rings (SSSR count). The van der Waals surface area contributed by atoms with Crippen LogP contribution in [-0.4, -0.2) is 11.6 Å². The van der Waals surface area contributed by atoms with E-state index in [0.717, 1.165) is 0 Å². The third-order valence-electron chi connectivity index (χ3n) is 1.76. The summed E-state index contributed by atoms with van der Waals surface area (Å²) in [4.78, 5) is 4.03. The summed E-state index contributed by atoms with van der Waals surface area (Å²) in [5.74, 6) is 5.23. The predicted molar refractivity (Wildman–Crippen MR) is 61.8 cm³/mol. The van der Waals surface area contributed by atoms with Crippen molar-refractivity contribution < 1.29 is 13.5 Å². The van der Waals surface area contributed by atoms with Crippen LogP contribution in [0.2, 0.25) is 0 Å². The Morgan fingerprint density at radius 1 is 1.50 bits per heavy atom. The lowest BCUT2D eigenvalue weighted by molar-refractivity contribution is -0.0489. The number of thiazole rings is 1. The summed E-state index contributed by atoms with van der Waals surface area (Å²) < 4.78 is 30.1. The highest BCUT2D eigenvalue weighted by atomic mass is 79.9. The van der Waals surface area contributed by atoms with Gasteiger partial charge in [-0.15, -0.1) is 0 Å². The topological polar surface area (TPSA) is 60.2 Å². The van der Waals surface area contributed by atoms with Gasteiger partial charge in [0.05, 0.1) is 4.70 Å². The van der Waals surface area contributed by atoms with Gasteiger partial charge in [-0.25, -0.2) is 10.8 Å². The molecule has 0 saturated heterocycles. The number of benzene rings is 1. The lowest BCUT2D eigenvalue weighted by atomic mass is 10.3. The Balaban J connectivity index is 2.56. The van der Waals surface area contributed by atoms with Crippen LogP contribution in [0.1, 0.15) is 0 Å². The van der Waals surface area contributed by atoms with Crippen LogP contribution in [0.3, 0.4) is 0 Å². The smallest absolute Gasteiger partial charge is 0.387 e. The van der Waals surface area contributed by atoms with Crippen LogP contribution in [0.25, 0.3) is 10.2 Å². The van der Waals surface area contributed by atoms with Gasteiger partial charge in [-0.1, -0.05) is 27.3 Å². The molecule has 1 aromatic heterocycles. The molecule has 0 aliphatic rings. The van der Waals surface area contributed by atoms with Crippen molar-refractivity contribution in [2.45, 2.75) is 6.61 Å². The Morgan fingerprint density at radius 2 is 2.25 bits per heavy atom. The van der Waals surface area contributed by atoms with Gasteiger partial charge in [-0.2, -0.15) is 8.78 Å². The molecule has 8 heteroatoms. The number of fused-ring (bicyclic) bond motifs is 1. The minimum atomic E-state index is -2.88. The van der Waals surface area contributed by atoms with Crippen LogP contribution < -0.4 is 16.0 Å². The number of hydrogen-bond acceptors (Lipinski definition) is 5. The van der Waals surface area contributed by atoms with Crippen molar-refractivity contribution in [1.82, 2.24) is 4.98 Å². The van der Waals surface area contributed by atoms with E-state index in [1.807, 2.05) is 0 Å². The molecule has 86 valence electrons. The van der Waals surface area contributed by atoms with Crippen molar-refractivity contribution in [3.8, 4) is 5.75 Å². The second kappa shape index (κ2) is 4.48. The first-order valence-corrected chi connectivity index (χ1v) is 5.72. The Morgan fingerprint density at radius 3 is 2.88 bits per heavy atom. The third kappa shape index (κ3) is 2.23. The fourth-order valence-corrected chi connectivity index (χ4v) is 2.64. The van der Waals surface area contributed by atoms with Gasteiger partial charge in [0.2, 0.25) is 0 Å². The fourth-order valence-electron chi connectivity index (χ4n) is 1.21. The predicted octanol–water partition coefficient (Wildman–Crippen LogP) is 2.95. The standard InChI is InChI=1S/C8H6BrF2N3OS/c9-3-1-4(15-7(10)11)6-5(2-3)16-8(13-6)14-12/h1-2,7H,12H2,(H,13,14). The lowest BCUT2D eigenvalue weighted by Gasteiger charge is -2.05. The summed E-state index contributed by atoms with van der Waals surface area (Å²) in [6.45, 7) is -2.88. The summed E-state index contributed by atoms with van der Waals surface area (Å²) in [6.07, 6.45) is 0. The first-order chi connectivity index (χ1) is 7.60. The molecule has 0 radical (unpaired) electrons. The van der Waals surface area contributed by atoms with E-state index in [0.29, 0.717) is 19.8 Å². The minimum absolute atomic E-state index is 0.0251. The van der Waals surface area contributed by atoms with Crippen molar-refractivity contribution in [2.75, 3.05) is 5.43 Å². The first-order valence-electron chi connectivity index (χ1n) is 4.11. The number of aromatic nitrogens is 1. The highest BCUT2D eigenvalue weighted by Crippen LogP contribution is 2.35. The molecule has 0 aliphatic carbocycles. The van der Waals surface area contributed by atoms with Crippen LogP contribution in [-0.2, 0) is 0 Å². The molecule has 16 heavy (non-hydrogen) atoms. The zero-order chi connectivity index (χ0) is 11.7.